The Bertz CT molecular complexity index is 1870. The van der Waals surface area contributed by atoms with Gasteiger partial charge in [-0.25, -0.2) is 18.7 Å². The zero-order valence-corrected chi connectivity index (χ0v) is 24.6. The first-order valence-corrected chi connectivity index (χ1v) is 14.8. The third kappa shape index (κ3) is 4.84. The minimum atomic E-state index is -0.735. The van der Waals surface area contributed by atoms with Crippen molar-refractivity contribution >= 4 is 40.8 Å². The second-order valence-corrected chi connectivity index (χ2v) is 11.9. The summed E-state index contributed by atoms with van der Waals surface area (Å²) in [5.74, 6) is -1.82. The van der Waals surface area contributed by atoms with Gasteiger partial charge in [0.15, 0.2) is 0 Å². The van der Waals surface area contributed by atoms with Crippen LogP contribution >= 0.6 is 11.6 Å². The van der Waals surface area contributed by atoms with Crippen molar-refractivity contribution in [1.82, 2.24) is 20.2 Å². The third-order valence-corrected chi connectivity index (χ3v) is 8.56. The molecular formula is C33H27ClF2N6O2. The average Bonchev–Trinajstić information content (AvgIpc) is 3.12. The van der Waals surface area contributed by atoms with E-state index in [2.05, 4.69) is 34.5 Å². The molecular weight excluding hydrogens is 586 g/mol. The quantitative estimate of drug-likeness (QED) is 0.263. The fourth-order valence-corrected chi connectivity index (χ4v) is 6.64. The standard InChI is InChI=1S/C33H27ClF2N6O2/c1-16-10-21(11-17(2)39-16)42-31(43)23-9-7-20(13-25(23)32(42)44)40-33-38-15-18-14-37-30(28-26(35)4-3-5-27(28)36)24-12-19(34)6-8-22(24)29(18)41-33/h3-9,12-13,15-17,21,39H,10-11,14H2,1-2H3,(H,38,40,41). The summed E-state index contributed by atoms with van der Waals surface area (Å²) in [5.41, 5.74) is 3.34. The van der Waals surface area contributed by atoms with Crippen molar-refractivity contribution in [1.29, 1.82) is 0 Å². The Labute approximate surface area is 257 Å². The van der Waals surface area contributed by atoms with E-state index >= 15 is 0 Å². The average molecular weight is 613 g/mol. The Balaban J connectivity index is 1.21. The van der Waals surface area contributed by atoms with Gasteiger partial charge >= 0.3 is 0 Å². The van der Waals surface area contributed by atoms with Crippen molar-refractivity contribution in [3.05, 3.63) is 105 Å². The minimum absolute atomic E-state index is 0.0875. The first-order valence-electron chi connectivity index (χ1n) is 14.4. The molecule has 1 fully saturated rings. The van der Waals surface area contributed by atoms with E-state index in [-0.39, 0.29) is 53.7 Å². The summed E-state index contributed by atoms with van der Waals surface area (Å²) in [5, 5.41) is 6.98. The highest BCUT2D eigenvalue weighted by molar-refractivity contribution is 6.31. The van der Waals surface area contributed by atoms with Crippen molar-refractivity contribution in [3.8, 4) is 11.3 Å². The number of hydrogen-bond acceptors (Lipinski definition) is 7. The lowest BCUT2D eigenvalue weighted by atomic mass is 9.94. The van der Waals surface area contributed by atoms with Crippen molar-refractivity contribution in [3.63, 3.8) is 0 Å². The van der Waals surface area contributed by atoms with E-state index in [9.17, 15) is 18.4 Å². The Hall–Kier alpha value is -4.54. The zero-order valence-electron chi connectivity index (χ0n) is 23.9. The topological polar surface area (TPSA) is 99.6 Å². The molecule has 2 unspecified atom stereocenters. The number of nitrogens with one attached hydrogen (secondary N) is 2. The number of aliphatic imine (C=N–C) groups is 1. The molecule has 2 atom stereocenters. The molecule has 0 spiro atoms. The van der Waals surface area contributed by atoms with E-state index in [1.807, 2.05) is 0 Å². The number of amides is 2. The van der Waals surface area contributed by atoms with Gasteiger partial charge in [-0.15, -0.1) is 0 Å². The maximum absolute atomic E-state index is 14.9. The predicted octanol–water partition coefficient (Wildman–Crippen LogP) is 6.29. The van der Waals surface area contributed by atoms with Gasteiger partial charge in [0.2, 0.25) is 5.95 Å². The van der Waals surface area contributed by atoms with Crippen LogP contribution < -0.4 is 10.6 Å². The number of fused-ring (bicyclic) bond motifs is 4. The van der Waals surface area contributed by atoms with E-state index in [0.29, 0.717) is 57.1 Å². The first kappa shape index (κ1) is 28.2. The molecule has 3 aromatic carbocycles. The van der Waals surface area contributed by atoms with E-state index in [1.54, 1.807) is 42.6 Å². The van der Waals surface area contributed by atoms with Gasteiger partial charge in [-0.05, 0) is 69.2 Å². The van der Waals surface area contributed by atoms with Crippen LogP contribution in [-0.4, -0.2) is 50.5 Å². The van der Waals surface area contributed by atoms with Crippen LogP contribution in [0.4, 0.5) is 20.4 Å². The summed E-state index contributed by atoms with van der Waals surface area (Å²) < 4.78 is 29.7. The van der Waals surface area contributed by atoms with Crippen LogP contribution in [-0.2, 0) is 6.54 Å². The number of halogens is 3. The van der Waals surface area contributed by atoms with Gasteiger partial charge in [-0.3, -0.25) is 19.5 Å². The molecule has 3 aliphatic rings. The lowest BCUT2D eigenvalue weighted by molar-refractivity contribution is 0.0523. The molecule has 0 radical (unpaired) electrons. The molecule has 0 bridgehead atoms. The van der Waals surface area contributed by atoms with Crippen LogP contribution in [0.25, 0.3) is 11.3 Å². The number of imide groups is 1. The lowest BCUT2D eigenvalue weighted by Crippen LogP contribution is -2.52. The number of carbonyl (C=O) groups excluding carboxylic acids is 2. The molecule has 3 aliphatic heterocycles. The summed E-state index contributed by atoms with van der Waals surface area (Å²) in [6.45, 7) is 4.20. The highest BCUT2D eigenvalue weighted by Crippen LogP contribution is 2.36. The molecule has 1 saturated heterocycles. The van der Waals surface area contributed by atoms with E-state index < -0.39 is 11.6 Å². The number of hydrogen-bond donors (Lipinski definition) is 2. The Kier molecular flexibility index (Phi) is 6.98. The summed E-state index contributed by atoms with van der Waals surface area (Å²) >= 11 is 6.32. The van der Waals surface area contributed by atoms with Gasteiger partial charge in [0.05, 0.1) is 34.6 Å². The van der Waals surface area contributed by atoms with E-state index in [0.717, 1.165) is 0 Å². The van der Waals surface area contributed by atoms with E-state index in [4.69, 9.17) is 16.6 Å². The second kappa shape index (κ2) is 10.9. The Morgan fingerprint density at radius 3 is 2.36 bits per heavy atom. The summed E-state index contributed by atoms with van der Waals surface area (Å²) in [6, 6.07) is 13.9. The zero-order chi connectivity index (χ0) is 30.7. The fraction of sp³-hybridized carbons (Fsp3) is 0.242. The Morgan fingerprint density at radius 2 is 1.61 bits per heavy atom. The summed E-state index contributed by atoms with van der Waals surface area (Å²) in [4.78, 5) is 41.9. The van der Waals surface area contributed by atoms with Crippen LogP contribution in [0.5, 0.6) is 0 Å². The number of rotatable bonds is 4. The van der Waals surface area contributed by atoms with Crippen molar-refractivity contribution in [2.75, 3.05) is 5.32 Å². The van der Waals surface area contributed by atoms with E-state index in [1.165, 1.54) is 23.1 Å². The molecule has 44 heavy (non-hydrogen) atoms. The Morgan fingerprint density at radius 1 is 0.909 bits per heavy atom. The van der Waals surface area contributed by atoms with Gasteiger partial charge in [-0.2, -0.15) is 0 Å². The third-order valence-electron chi connectivity index (χ3n) is 8.32. The summed E-state index contributed by atoms with van der Waals surface area (Å²) in [7, 11) is 0. The first-order chi connectivity index (χ1) is 21.2. The fourth-order valence-electron chi connectivity index (χ4n) is 6.46. The van der Waals surface area contributed by atoms with Gasteiger partial charge in [0.25, 0.3) is 11.8 Å². The van der Waals surface area contributed by atoms with Crippen molar-refractivity contribution in [2.24, 2.45) is 4.99 Å². The molecule has 4 aromatic rings. The monoisotopic (exact) mass is 612 g/mol. The number of nitrogens with zero attached hydrogens (tertiary/aromatic N) is 4. The number of carbonyl (C=O) groups is 2. The molecule has 1 aromatic heterocycles. The number of benzene rings is 3. The maximum atomic E-state index is 14.9. The minimum Gasteiger partial charge on any atom is -0.324 e. The molecule has 0 saturated carbocycles. The van der Waals surface area contributed by atoms with Crippen LogP contribution in [0.3, 0.4) is 0 Å². The molecule has 2 amide bonds. The smallest absolute Gasteiger partial charge is 0.261 e. The lowest BCUT2D eigenvalue weighted by Gasteiger charge is -2.37. The van der Waals surface area contributed by atoms with Crippen molar-refractivity contribution in [2.45, 2.75) is 51.4 Å². The molecule has 11 heteroatoms. The predicted molar refractivity (Wildman–Crippen MR) is 163 cm³/mol. The summed E-state index contributed by atoms with van der Waals surface area (Å²) in [6.07, 6.45) is 3.01. The van der Waals surface area contributed by atoms with Gasteiger partial charge in [0.1, 0.15) is 11.6 Å². The van der Waals surface area contributed by atoms with Gasteiger partial charge < -0.3 is 10.6 Å². The highest BCUT2D eigenvalue weighted by atomic mass is 35.5. The SMILES string of the molecule is CC1CC(N2C(=O)c3ccc(Nc4ncc5c(n4)-c4ccc(Cl)cc4C(c4c(F)cccc4F)=NC5)cc3C2=O)CC(C)N1. The normalized spacial score (nSPS) is 20.9. The van der Waals surface area contributed by atoms with Crippen LogP contribution in [0.1, 0.15) is 64.1 Å². The van der Waals surface area contributed by atoms with Crippen LogP contribution in [0.2, 0.25) is 5.02 Å². The number of piperidine rings is 1. The van der Waals surface area contributed by atoms with Gasteiger partial charge in [0, 0.05) is 51.7 Å². The molecule has 0 aliphatic carbocycles. The molecule has 8 nitrogen and oxygen atoms in total. The number of anilines is 2. The van der Waals surface area contributed by atoms with Gasteiger partial charge in [-0.1, -0.05) is 23.7 Å². The second-order valence-electron chi connectivity index (χ2n) is 11.5. The molecule has 2 N–H and O–H groups in total. The van der Waals surface area contributed by atoms with Crippen molar-refractivity contribution < 1.29 is 18.4 Å². The largest absolute Gasteiger partial charge is 0.324 e. The number of aromatic nitrogens is 2. The maximum Gasteiger partial charge on any atom is 0.261 e. The van der Waals surface area contributed by atoms with Crippen LogP contribution in [0, 0.1) is 11.6 Å². The molecule has 4 heterocycles. The molecule has 7 rings (SSSR count). The van der Waals surface area contributed by atoms with Crippen LogP contribution in [0.15, 0.2) is 65.8 Å². The molecule has 222 valence electrons. The highest BCUT2D eigenvalue weighted by Gasteiger charge is 2.42.